The lowest BCUT2D eigenvalue weighted by molar-refractivity contribution is 0.590. The molecule has 0 bridgehead atoms. The van der Waals surface area contributed by atoms with Gasteiger partial charge in [-0.25, -0.2) is 13.8 Å². The molecular weight excluding hydrogens is 290 g/mol. The summed E-state index contributed by atoms with van der Waals surface area (Å²) in [5.41, 5.74) is 1.32. The Labute approximate surface area is 127 Å². The molecule has 0 atom stereocenters. The largest absolute Gasteiger partial charge is 0.310 e. The number of rotatable bonds is 5. The standard InChI is InChI=1S/C16H18F2N2S/c1-9(2)19-8-14-15(10-3-4-10)20-16(21-14)12-7-11(17)5-6-13(12)18/h5-7,9-10,19H,3-4,8H2,1-2H3. The van der Waals surface area contributed by atoms with Crippen molar-refractivity contribution < 1.29 is 8.78 Å². The van der Waals surface area contributed by atoms with Crippen LogP contribution in [0, 0.1) is 11.6 Å². The van der Waals surface area contributed by atoms with Crippen molar-refractivity contribution in [3.05, 3.63) is 40.4 Å². The number of halogens is 2. The molecule has 0 radical (unpaired) electrons. The van der Waals surface area contributed by atoms with Gasteiger partial charge in [-0.1, -0.05) is 13.8 Å². The average molecular weight is 308 g/mol. The lowest BCUT2D eigenvalue weighted by Crippen LogP contribution is -2.21. The van der Waals surface area contributed by atoms with E-state index >= 15 is 0 Å². The molecule has 1 aliphatic rings. The molecule has 112 valence electrons. The normalized spacial score (nSPS) is 14.9. The topological polar surface area (TPSA) is 24.9 Å². The van der Waals surface area contributed by atoms with Gasteiger partial charge in [-0.3, -0.25) is 0 Å². The van der Waals surface area contributed by atoms with Crippen LogP contribution in [0.15, 0.2) is 18.2 Å². The summed E-state index contributed by atoms with van der Waals surface area (Å²) in [5, 5.41) is 3.96. The number of benzene rings is 1. The molecule has 0 spiro atoms. The van der Waals surface area contributed by atoms with Crippen LogP contribution >= 0.6 is 11.3 Å². The van der Waals surface area contributed by atoms with E-state index in [1.807, 2.05) is 0 Å². The van der Waals surface area contributed by atoms with Gasteiger partial charge < -0.3 is 5.32 Å². The van der Waals surface area contributed by atoms with Crippen molar-refractivity contribution in [1.29, 1.82) is 0 Å². The molecule has 3 rings (SSSR count). The third kappa shape index (κ3) is 3.30. The molecule has 0 unspecified atom stereocenters. The Morgan fingerprint density at radius 1 is 1.33 bits per heavy atom. The quantitative estimate of drug-likeness (QED) is 0.882. The van der Waals surface area contributed by atoms with Gasteiger partial charge in [-0.05, 0) is 31.0 Å². The van der Waals surface area contributed by atoms with Crippen LogP contribution in [0.5, 0.6) is 0 Å². The Morgan fingerprint density at radius 3 is 2.76 bits per heavy atom. The van der Waals surface area contributed by atoms with Gasteiger partial charge >= 0.3 is 0 Å². The third-order valence-electron chi connectivity index (χ3n) is 3.52. The second kappa shape index (κ2) is 5.81. The van der Waals surface area contributed by atoms with Crippen molar-refractivity contribution in [2.75, 3.05) is 0 Å². The lowest BCUT2D eigenvalue weighted by Gasteiger charge is -2.07. The van der Waals surface area contributed by atoms with Gasteiger partial charge in [0.1, 0.15) is 16.6 Å². The van der Waals surface area contributed by atoms with E-state index in [1.54, 1.807) is 0 Å². The molecular formula is C16H18F2N2S. The maximum atomic E-state index is 13.9. The van der Waals surface area contributed by atoms with Gasteiger partial charge in [0.2, 0.25) is 0 Å². The highest BCUT2D eigenvalue weighted by Gasteiger charge is 2.30. The first-order chi connectivity index (χ1) is 10.0. The minimum atomic E-state index is -0.434. The molecule has 1 aromatic carbocycles. The van der Waals surface area contributed by atoms with Gasteiger partial charge in [0.15, 0.2) is 0 Å². The van der Waals surface area contributed by atoms with E-state index in [0.717, 1.165) is 42.1 Å². The maximum Gasteiger partial charge on any atom is 0.133 e. The third-order valence-corrected chi connectivity index (χ3v) is 4.63. The fraction of sp³-hybridized carbons (Fsp3) is 0.438. The SMILES string of the molecule is CC(C)NCc1sc(-c2cc(F)ccc2F)nc1C1CC1. The molecule has 1 aromatic heterocycles. The summed E-state index contributed by atoms with van der Waals surface area (Å²) in [6.07, 6.45) is 2.28. The highest BCUT2D eigenvalue weighted by Crippen LogP contribution is 2.44. The second-order valence-electron chi connectivity index (χ2n) is 5.76. The zero-order valence-corrected chi connectivity index (χ0v) is 12.9. The van der Waals surface area contributed by atoms with E-state index in [2.05, 4.69) is 24.1 Å². The highest BCUT2D eigenvalue weighted by molar-refractivity contribution is 7.15. The van der Waals surface area contributed by atoms with Crippen LogP contribution in [0.1, 0.15) is 43.2 Å². The molecule has 1 N–H and O–H groups in total. The fourth-order valence-electron chi connectivity index (χ4n) is 2.24. The monoisotopic (exact) mass is 308 g/mol. The smallest absolute Gasteiger partial charge is 0.133 e. The molecule has 0 amide bonds. The van der Waals surface area contributed by atoms with Crippen LogP contribution in [0.25, 0.3) is 10.6 Å². The van der Waals surface area contributed by atoms with Crippen LogP contribution in [0.3, 0.4) is 0 Å². The minimum absolute atomic E-state index is 0.262. The molecule has 1 saturated carbocycles. The van der Waals surface area contributed by atoms with E-state index in [1.165, 1.54) is 17.4 Å². The number of aromatic nitrogens is 1. The van der Waals surface area contributed by atoms with E-state index in [-0.39, 0.29) is 5.56 Å². The fourth-order valence-corrected chi connectivity index (χ4v) is 3.36. The van der Waals surface area contributed by atoms with E-state index in [9.17, 15) is 8.78 Å². The van der Waals surface area contributed by atoms with Gasteiger partial charge in [0, 0.05) is 28.9 Å². The molecule has 1 fully saturated rings. The molecule has 0 saturated heterocycles. The molecule has 2 nitrogen and oxygen atoms in total. The van der Waals surface area contributed by atoms with Crippen molar-refractivity contribution >= 4 is 11.3 Å². The number of hydrogen-bond acceptors (Lipinski definition) is 3. The average Bonchev–Trinajstić information content (AvgIpc) is 3.19. The first-order valence-electron chi connectivity index (χ1n) is 7.23. The van der Waals surface area contributed by atoms with Gasteiger partial charge in [-0.2, -0.15) is 0 Å². The van der Waals surface area contributed by atoms with E-state index in [0.29, 0.717) is 17.0 Å². The molecule has 5 heteroatoms. The molecule has 21 heavy (non-hydrogen) atoms. The Hall–Kier alpha value is -1.33. The first-order valence-corrected chi connectivity index (χ1v) is 8.04. The van der Waals surface area contributed by atoms with Crippen LogP contribution < -0.4 is 5.32 Å². The molecule has 2 aromatic rings. The molecule has 1 heterocycles. The summed E-state index contributed by atoms with van der Waals surface area (Å²) in [5.74, 6) is -0.358. The first kappa shape index (κ1) is 14.6. The van der Waals surface area contributed by atoms with Crippen molar-refractivity contribution in [2.24, 2.45) is 0 Å². The maximum absolute atomic E-state index is 13.9. The number of nitrogens with zero attached hydrogens (tertiary/aromatic N) is 1. The Kier molecular flexibility index (Phi) is 4.04. The van der Waals surface area contributed by atoms with Crippen LogP contribution in [0.2, 0.25) is 0 Å². The zero-order chi connectivity index (χ0) is 15.0. The Bertz CT molecular complexity index is 648. The molecule has 1 aliphatic carbocycles. The van der Waals surface area contributed by atoms with Crippen molar-refractivity contribution in [2.45, 2.75) is 45.2 Å². The van der Waals surface area contributed by atoms with Gasteiger partial charge in [0.25, 0.3) is 0 Å². The van der Waals surface area contributed by atoms with Gasteiger partial charge in [0.05, 0.1) is 5.69 Å². The van der Waals surface area contributed by atoms with E-state index < -0.39 is 11.6 Å². The lowest BCUT2D eigenvalue weighted by atomic mass is 10.2. The molecule has 0 aliphatic heterocycles. The summed E-state index contributed by atoms with van der Waals surface area (Å²) in [6, 6.07) is 3.91. The predicted molar refractivity (Wildman–Crippen MR) is 81.4 cm³/mol. The van der Waals surface area contributed by atoms with Crippen LogP contribution in [-0.4, -0.2) is 11.0 Å². The Morgan fingerprint density at radius 2 is 2.10 bits per heavy atom. The van der Waals surface area contributed by atoms with Crippen LogP contribution in [0.4, 0.5) is 8.78 Å². The number of thiazole rings is 1. The predicted octanol–water partition coefficient (Wildman–Crippen LogP) is 4.46. The summed E-state index contributed by atoms with van der Waals surface area (Å²) in [4.78, 5) is 5.74. The van der Waals surface area contributed by atoms with Crippen molar-refractivity contribution in [1.82, 2.24) is 10.3 Å². The highest BCUT2D eigenvalue weighted by atomic mass is 32.1. The summed E-state index contributed by atoms with van der Waals surface area (Å²) >= 11 is 1.47. The number of hydrogen-bond donors (Lipinski definition) is 1. The minimum Gasteiger partial charge on any atom is -0.310 e. The summed E-state index contributed by atoms with van der Waals surface area (Å²) in [7, 11) is 0. The zero-order valence-electron chi connectivity index (χ0n) is 12.1. The number of nitrogens with one attached hydrogen (secondary N) is 1. The summed E-state index contributed by atoms with van der Waals surface area (Å²) in [6.45, 7) is 4.91. The van der Waals surface area contributed by atoms with Crippen LogP contribution in [-0.2, 0) is 6.54 Å². The van der Waals surface area contributed by atoms with E-state index in [4.69, 9.17) is 0 Å². The second-order valence-corrected chi connectivity index (χ2v) is 6.85. The van der Waals surface area contributed by atoms with Crippen molar-refractivity contribution in [3.8, 4) is 10.6 Å². The van der Waals surface area contributed by atoms with Crippen molar-refractivity contribution in [3.63, 3.8) is 0 Å². The van der Waals surface area contributed by atoms with Gasteiger partial charge in [-0.15, -0.1) is 11.3 Å². The Balaban J connectivity index is 1.95. The summed E-state index contributed by atoms with van der Waals surface area (Å²) < 4.78 is 27.3.